The van der Waals surface area contributed by atoms with Crippen molar-refractivity contribution in [2.75, 3.05) is 6.61 Å². The van der Waals surface area contributed by atoms with E-state index < -0.39 is 5.54 Å². The summed E-state index contributed by atoms with van der Waals surface area (Å²) < 4.78 is 0.625. The fourth-order valence-corrected chi connectivity index (χ4v) is 1.59. The van der Waals surface area contributed by atoms with E-state index in [0.717, 1.165) is 0 Å². The minimum absolute atomic E-state index is 0.0409. The van der Waals surface area contributed by atoms with E-state index >= 15 is 0 Å². The molecule has 0 unspecified atom stereocenters. The van der Waals surface area contributed by atoms with Gasteiger partial charge in [-0.3, -0.25) is 4.79 Å². The van der Waals surface area contributed by atoms with Crippen LogP contribution in [0.4, 0.5) is 0 Å². The highest BCUT2D eigenvalue weighted by atomic mass is 79.9. The molecule has 1 aromatic rings. The van der Waals surface area contributed by atoms with Gasteiger partial charge in [0.05, 0.1) is 0 Å². The average molecular weight is 287 g/mol. The van der Waals surface area contributed by atoms with Crippen LogP contribution in [0.15, 0.2) is 22.8 Å². The van der Waals surface area contributed by atoms with Crippen LogP contribution < -0.4 is 5.32 Å². The molecule has 0 aliphatic heterocycles. The molecule has 4 nitrogen and oxygen atoms in total. The normalized spacial score (nSPS) is 11.2. The van der Waals surface area contributed by atoms with Gasteiger partial charge in [0.15, 0.2) is 0 Å². The fourth-order valence-electron chi connectivity index (χ4n) is 1.25. The van der Waals surface area contributed by atoms with E-state index in [0.29, 0.717) is 16.7 Å². The second-order valence-corrected chi connectivity index (χ2v) is 4.97. The predicted molar refractivity (Wildman–Crippen MR) is 65.2 cm³/mol. The topological polar surface area (TPSA) is 62.2 Å². The number of hydrogen-bond donors (Lipinski definition) is 2. The molecule has 16 heavy (non-hydrogen) atoms. The number of rotatable bonds is 4. The number of pyridine rings is 1. The highest BCUT2D eigenvalue weighted by Gasteiger charge is 2.21. The van der Waals surface area contributed by atoms with Crippen molar-refractivity contribution < 1.29 is 9.90 Å². The Morgan fingerprint density at radius 3 is 2.81 bits per heavy atom. The van der Waals surface area contributed by atoms with Crippen molar-refractivity contribution in [3.05, 3.63) is 28.5 Å². The number of carbonyl (C=O) groups excluding carboxylic acids is 1. The zero-order valence-corrected chi connectivity index (χ0v) is 10.9. The third kappa shape index (κ3) is 3.90. The van der Waals surface area contributed by atoms with Gasteiger partial charge < -0.3 is 10.4 Å². The third-order valence-electron chi connectivity index (χ3n) is 2.14. The molecule has 0 aliphatic carbocycles. The third-order valence-corrected chi connectivity index (χ3v) is 2.58. The lowest BCUT2D eigenvalue weighted by molar-refractivity contribution is 0.0894. The summed E-state index contributed by atoms with van der Waals surface area (Å²) in [7, 11) is 0. The molecule has 1 heterocycles. The lowest BCUT2D eigenvalue weighted by Gasteiger charge is -2.25. The van der Waals surface area contributed by atoms with Crippen LogP contribution >= 0.6 is 15.9 Å². The van der Waals surface area contributed by atoms with Gasteiger partial charge >= 0.3 is 0 Å². The molecule has 0 atom stereocenters. The number of aliphatic hydroxyl groups excluding tert-OH is 1. The molecule has 2 N–H and O–H groups in total. The molecule has 0 aliphatic rings. The van der Waals surface area contributed by atoms with Gasteiger partial charge in [-0.15, -0.1) is 0 Å². The van der Waals surface area contributed by atoms with Crippen LogP contribution in [0.25, 0.3) is 0 Å². The molecule has 1 rings (SSSR count). The summed E-state index contributed by atoms with van der Waals surface area (Å²) in [6.45, 7) is 3.76. The summed E-state index contributed by atoms with van der Waals surface area (Å²) in [5.41, 5.74) is -0.0732. The molecule has 88 valence electrons. The van der Waals surface area contributed by atoms with E-state index in [-0.39, 0.29) is 12.5 Å². The Morgan fingerprint density at radius 2 is 2.25 bits per heavy atom. The number of amides is 1. The van der Waals surface area contributed by atoms with Crippen LogP contribution in [0.1, 0.15) is 30.8 Å². The minimum Gasteiger partial charge on any atom is -0.396 e. The molecule has 0 radical (unpaired) electrons. The molecule has 0 fully saturated rings. The summed E-state index contributed by atoms with van der Waals surface area (Å²) in [5, 5.41) is 11.7. The van der Waals surface area contributed by atoms with Gasteiger partial charge in [-0.25, -0.2) is 4.98 Å². The fraction of sp³-hybridized carbons (Fsp3) is 0.455. The smallest absolute Gasteiger partial charge is 0.270 e. The Bertz CT molecular complexity index is 380. The Balaban J connectivity index is 2.72. The van der Waals surface area contributed by atoms with Crippen LogP contribution in [0.2, 0.25) is 0 Å². The Labute approximate surface area is 103 Å². The van der Waals surface area contributed by atoms with Crippen LogP contribution in [-0.4, -0.2) is 28.1 Å². The van der Waals surface area contributed by atoms with Crippen molar-refractivity contribution in [1.29, 1.82) is 0 Å². The molecule has 0 aromatic carbocycles. The van der Waals surface area contributed by atoms with Gasteiger partial charge in [0.25, 0.3) is 5.91 Å². The molecular weight excluding hydrogens is 272 g/mol. The Hall–Kier alpha value is -0.940. The number of aliphatic hydroxyl groups is 1. The second kappa shape index (κ2) is 5.41. The summed E-state index contributed by atoms with van der Waals surface area (Å²) >= 11 is 3.21. The summed E-state index contributed by atoms with van der Waals surface area (Å²) in [5.74, 6) is -0.236. The molecular formula is C11H15BrN2O2. The first-order valence-corrected chi connectivity index (χ1v) is 5.80. The summed E-state index contributed by atoms with van der Waals surface area (Å²) in [4.78, 5) is 15.9. The van der Waals surface area contributed by atoms with Gasteiger partial charge in [0.1, 0.15) is 10.3 Å². The molecule has 0 bridgehead atoms. The van der Waals surface area contributed by atoms with Gasteiger partial charge in [-0.1, -0.05) is 6.07 Å². The maximum absolute atomic E-state index is 11.8. The molecule has 1 aromatic heterocycles. The quantitative estimate of drug-likeness (QED) is 0.829. The predicted octanol–water partition coefficient (Wildman–Crippen LogP) is 1.73. The van der Waals surface area contributed by atoms with Gasteiger partial charge in [0.2, 0.25) is 0 Å². The van der Waals surface area contributed by atoms with Crippen molar-refractivity contribution in [2.45, 2.75) is 25.8 Å². The van der Waals surface area contributed by atoms with Crippen molar-refractivity contribution >= 4 is 21.8 Å². The lowest BCUT2D eigenvalue weighted by Crippen LogP contribution is -2.44. The zero-order valence-electron chi connectivity index (χ0n) is 9.33. The highest BCUT2D eigenvalue weighted by molar-refractivity contribution is 9.10. The molecule has 1 amide bonds. The van der Waals surface area contributed by atoms with E-state index in [2.05, 4.69) is 26.2 Å². The number of hydrogen-bond acceptors (Lipinski definition) is 3. The van der Waals surface area contributed by atoms with Crippen molar-refractivity contribution in [3.63, 3.8) is 0 Å². The first kappa shape index (κ1) is 13.1. The second-order valence-electron chi connectivity index (χ2n) is 4.16. The highest BCUT2D eigenvalue weighted by Crippen LogP contribution is 2.10. The number of carbonyl (C=O) groups is 1. The van der Waals surface area contributed by atoms with Gasteiger partial charge in [-0.2, -0.15) is 0 Å². The average Bonchev–Trinajstić information content (AvgIpc) is 2.16. The van der Waals surface area contributed by atoms with E-state index in [4.69, 9.17) is 5.11 Å². The first-order chi connectivity index (χ1) is 7.44. The minimum atomic E-state index is -0.435. The van der Waals surface area contributed by atoms with E-state index in [1.54, 1.807) is 18.2 Å². The zero-order chi connectivity index (χ0) is 12.2. The summed E-state index contributed by atoms with van der Waals surface area (Å²) in [6, 6.07) is 5.16. The van der Waals surface area contributed by atoms with Crippen LogP contribution in [-0.2, 0) is 0 Å². The number of aromatic nitrogens is 1. The van der Waals surface area contributed by atoms with Crippen LogP contribution in [0.5, 0.6) is 0 Å². The van der Waals surface area contributed by atoms with Gasteiger partial charge in [0, 0.05) is 12.1 Å². The van der Waals surface area contributed by atoms with E-state index in [9.17, 15) is 4.79 Å². The Morgan fingerprint density at radius 1 is 1.56 bits per heavy atom. The SMILES string of the molecule is CC(C)(CCO)NC(=O)c1cccc(Br)n1. The number of nitrogens with one attached hydrogen (secondary N) is 1. The lowest BCUT2D eigenvalue weighted by atomic mass is 10.0. The number of nitrogens with zero attached hydrogens (tertiary/aromatic N) is 1. The van der Waals surface area contributed by atoms with Crippen molar-refractivity contribution in [1.82, 2.24) is 10.3 Å². The molecule has 0 saturated carbocycles. The van der Waals surface area contributed by atoms with Crippen molar-refractivity contribution in [2.24, 2.45) is 0 Å². The molecule has 0 saturated heterocycles. The Kier molecular flexibility index (Phi) is 4.44. The molecule has 5 heteroatoms. The maximum atomic E-state index is 11.8. The first-order valence-electron chi connectivity index (χ1n) is 5.00. The monoisotopic (exact) mass is 286 g/mol. The molecule has 0 spiro atoms. The van der Waals surface area contributed by atoms with E-state index in [1.165, 1.54) is 0 Å². The van der Waals surface area contributed by atoms with Crippen LogP contribution in [0.3, 0.4) is 0 Å². The number of halogens is 1. The standard InChI is InChI=1S/C11H15BrN2O2/c1-11(2,6-7-15)14-10(16)8-4-3-5-9(12)13-8/h3-5,15H,6-7H2,1-2H3,(H,14,16). The summed E-state index contributed by atoms with van der Waals surface area (Å²) in [6.07, 6.45) is 0.507. The van der Waals surface area contributed by atoms with Gasteiger partial charge in [-0.05, 0) is 48.3 Å². The van der Waals surface area contributed by atoms with Crippen LogP contribution in [0, 0.1) is 0 Å². The van der Waals surface area contributed by atoms with E-state index in [1.807, 2.05) is 13.8 Å². The maximum Gasteiger partial charge on any atom is 0.270 e. The van der Waals surface area contributed by atoms with Crippen molar-refractivity contribution in [3.8, 4) is 0 Å². The largest absolute Gasteiger partial charge is 0.396 e.